The Morgan fingerprint density at radius 1 is 1.05 bits per heavy atom. The summed E-state index contributed by atoms with van der Waals surface area (Å²) in [4.78, 5) is 2.31. The Hall–Kier alpha value is -1.32. The summed E-state index contributed by atoms with van der Waals surface area (Å²) in [7, 11) is 3.82. The third-order valence-electron chi connectivity index (χ3n) is 3.20. The molecule has 0 aromatic heterocycles. The van der Waals surface area contributed by atoms with E-state index in [1.54, 1.807) is 7.11 Å². The van der Waals surface area contributed by atoms with Crippen LogP contribution in [0.15, 0.2) is 46.9 Å². The Morgan fingerprint density at radius 2 is 1.75 bits per heavy atom. The normalized spacial score (nSPS) is 10.8. The molecule has 2 nitrogen and oxygen atoms in total. The molecular formula is C17H20BrNO. The Morgan fingerprint density at radius 3 is 2.35 bits per heavy atom. The van der Waals surface area contributed by atoms with Gasteiger partial charge in [-0.25, -0.2) is 0 Å². The lowest BCUT2D eigenvalue weighted by Gasteiger charge is -2.17. The second-order valence-electron chi connectivity index (χ2n) is 5.13. The summed E-state index contributed by atoms with van der Waals surface area (Å²) in [6.45, 7) is 3.99. The van der Waals surface area contributed by atoms with Gasteiger partial charge in [-0.2, -0.15) is 0 Å². The molecule has 0 unspecified atom stereocenters. The van der Waals surface area contributed by atoms with Crippen LogP contribution in [0.3, 0.4) is 0 Å². The first-order valence-corrected chi connectivity index (χ1v) is 7.44. The highest BCUT2D eigenvalue weighted by molar-refractivity contribution is 9.10. The molecule has 106 valence electrons. The number of methoxy groups -OCH3 is 1. The number of rotatable bonds is 5. The molecule has 0 radical (unpaired) electrons. The molecule has 0 N–H and O–H groups in total. The van der Waals surface area contributed by atoms with E-state index in [0.29, 0.717) is 0 Å². The summed E-state index contributed by atoms with van der Waals surface area (Å²) in [6, 6.07) is 14.9. The van der Waals surface area contributed by atoms with Crippen molar-refractivity contribution in [2.75, 3.05) is 14.2 Å². The third-order valence-corrected chi connectivity index (χ3v) is 3.82. The van der Waals surface area contributed by atoms with Gasteiger partial charge >= 0.3 is 0 Å². The van der Waals surface area contributed by atoms with Gasteiger partial charge in [0.05, 0.1) is 11.6 Å². The van der Waals surface area contributed by atoms with Gasteiger partial charge in [-0.3, -0.25) is 4.90 Å². The van der Waals surface area contributed by atoms with E-state index in [0.717, 1.165) is 23.3 Å². The number of hydrogen-bond acceptors (Lipinski definition) is 2. The number of halogens is 1. The van der Waals surface area contributed by atoms with Crippen molar-refractivity contribution in [1.82, 2.24) is 4.90 Å². The van der Waals surface area contributed by atoms with Gasteiger partial charge in [-0.05, 0) is 53.2 Å². The molecule has 0 aliphatic carbocycles. The van der Waals surface area contributed by atoms with Gasteiger partial charge in [0.1, 0.15) is 5.75 Å². The topological polar surface area (TPSA) is 12.5 Å². The van der Waals surface area contributed by atoms with Crippen LogP contribution in [0.25, 0.3) is 0 Å². The van der Waals surface area contributed by atoms with E-state index >= 15 is 0 Å². The van der Waals surface area contributed by atoms with Crippen LogP contribution in [0.2, 0.25) is 0 Å². The number of ether oxygens (including phenoxy) is 1. The van der Waals surface area contributed by atoms with Crippen molar-refractivity contribution < 1.29 is 4.74 Å². The first-order valence-electron chi connectivity index (χ1n) is 6.65. The van der Waals surface area contributed by atoms with E-state index in [1.807, 2.05) is 6.07 Å². The highest BCUT2D eigenvalue weighted by Gasteiger charge is 2.05. The Bertz CT molecular complexity index is 583. The zero-order valence-electron chi connectivity index (χ0n) is 12.2. The Labute approximate surface area is 129 Å². The first-order chi connectivity index (χ1) is 9.58. The smallest absolute Gasteiger partial charge is 0.133 e. The van der Waals surface area contributed by atoms with Crippen molar-refractivity contribution in [3.05, 3.63) is 63.6 Å². The third kappa shape index (κ3) is 4.09. The van der Waals surface area contributed by atoms with Crippen molar-refractivity contribution in [2.24, 2.45) is 0 Å². The van der Waals surface area contributed by atoms with Crippen molar-refractivity contribution in [3.63, 3.8) is 0 Å². The molecule has 0 atom stereocenters. The fraction of sp³-hybridized carbons (Fsp3) is 0.294. The number of nitrogens with zero attached hydrogens (tertiary/aromatic N) is 1. The predicted octanol–water partition coefficient (Wildman–Crippen LogP) is 4.40. The zero-order chi connectivity index (χ0) is 14.5. The van der Waals surface area contributed by atoms with Gasteiger partial charge in [-0.15, -0.1) is 0 Å². The fourth-order valence-corrected chi connectivity index (χ4v) is 2.89. The Balaban J connectivity index is 2.01. The molecule has 0 aliphatic heterocycles. The van der Waals surface area contributed by atoms with Gasteiger partial charge in [0.2, 0.25) is 0 Å². The Kier molecular flexibility index (Phi) is 5.21. The fourth-order valence-electron chi connectivity index (χ4n) is 2.30. The monoisotopic (exact) mass is 333 g/mol. The summed E-state index contributed by atoms with van der Waals surface area (Å²) >= 11 is 3.53. The highest BCUT2D eigenvalue weighted by atomic mass is 79.9. The van der Waals surface area contributed by atoms with E-state index in [9.17, 15) is 0 Å². The van der Waals surface area contributed by atoms with Crippen molar-refractivity contribution in [3.8, 4) is 5.75 Å². The quantitative estimate of drug-likeness (QED) is 0.804. The maximum Gasteiger partial charge on any atom is 0.133 e. The van der Waals surface area contributed by atoms with Gasteiger partial charge in [0.25, 0.3) is 0 Å². The molecule has 0 saturated heterocycles. The van der Waals surface area contributed by atoms with Gasteiger partial charge in [-0.1, -0.05) is 35.9 Å². The molecule has 0 aliphatic rings. The van der Waals surface area contributed by atoms with E-state index in [1.165, 1.54) is 16.7 Å². The summed E-state index contributed by atoms with van der Waals surface area (Å²) in [5.74, 6) is 0.870. The van der Waals surface area contributed by atoms with Crippen molar-refractivity contribution >= 4 is 15.9 Å². The summed E-state index contributed by atoms with van der Waals surface area (Å²) in [6.07, 6.45) is 0. The summed E-state index contributed by atoms with van der Waals surface area (Å²) in [5, 5.41) is 0. The second kappa shape index (κ2) is 6.91. The summed E-state index contributed by atoms with van der Waals surface area (Å²) < 4.78 is 6.25. The molecule has 2 rings (SSSR count). The van der Waals surface area contributed by atoms with Crippen LogP contribution in [-0.4, -0.2) is 19.1 Å². The van der Waals surface area contributed by atoms with Gasteiger partial charge in [0, 0.05) is 13.1 Å². The van der Waals surface area contributed by atoms with Crippen LogP contribution in [0.5, 0.6) is 5.75 Å². The van der Waals surface area contributed by atoms with Gasteiger partial charge < -0.3 is 4.74 Å². The molecule has 0 fully saturated rings. The van der Waals surface area contributed by atoms with E-state index < -0.39 is 0 Å². The van der Waals surface area contributed by atoms with Gasteiger partial charge in [0.15, 0.2) is 0 Å². The zero-order valence-corrected chi connectivity index (χ0v) is 13.8. The molecule has 0 bridgehead atoms. The average molecular weight is 334 g/mol. The molecule has 0 saturated carbocycles. The molecule has 0 amide bonds. The minimum absolute atomic E-state index is 0.870. The van der Waals surface area contributed by atoms with Crippen molar-refractivity contribution in [2.45, 2.75) is 20.0 Å². The molecule has 0 spiro atoms. The molecule has 2 aromatic rings. The lowest BCUT2D eigenvalue weighted by Crippen LogP contribution is -2.17. The predicted molar refractivity (Wildman–Crippen MR) is 87.0 cm³/mol. The SMILES string of the molecule is COc1ccc(CN(C)Cc2cccc(C)c2)cc1Br. The first kappa shape index (κ1) is 15.1. The number of hydrogen-bond donors (Lipinski definition) is 0. The lowest BCUT2D eigenvalue weighted by molar-refractivity contribution is 0.318. The molecule has 20 heavy (non-hydrogen) atoms. The maximum atomic E-state index is 5.25. The molecule has 2 aromatic carbocycles. The molecular weight excluding hydrogens is 314 g/mol. The van der Waals surface area contributed by atoms with Crippen LogP contribution < -0.4 is 4.74 Å². The van der Waals surface area contributed by atoms with Crippen LogP contribution in [0, 0.1) is 6.92 Å². The number of benzene rings is 2. The molecule has 0 heterocycles. The van der Waals surface area contributed by atoms with E-state index in [4.69, 9.17) is 4.74 Å². The average Bonchev–Trinajstić information content (AvgIpc) is 2.38. The maximum absolute atomic E-state index is 5.25. The van der Waals surface area contributed by atoms with Crippen LogP contribution in [0.4, 0.5) is 0 Å². The van der Waals surface area contributed by atoms with E-state index in [2.05, 4.69) is 71.2 Å². The minimum Gasteiger partial charge on any atom is -0.496 e. The highest BCUT2D eigenvalue weighted by Crippen LogP contribution is 2.26. The van der Waals surface area contributed by atoms with Crippen molar-refractivity contribution in [1.29, 1.82) is 0 Å². The van der Waals surface area contributed by atoms with Crippen LogP contribution in [0.1, 0.15) is 16.7 Å². The van der Waals surface area contributed by atoms with Crippen LogP contribution >= 0.6 is 15.9 Å². The standard InChI is InChI=1S/C17H20BrNO/c1-13-5-4-6-14(9-13)11-19(2)12-15-7-8-17(20-3)16(18)10-15/h4-10H,11-12H2,1-3H3. The van der Waals surface area contributed by atoms with E-state index in [-0.39, 0.29) is 0 Å². The van der Waals surface area contributed by atoms with Crippen LogP contribution in [-0.2, 0) is 13.1 Å². The molecule has 3 heteroatoms. The largest absolute Gasteiger partial charge is 0.496 e. The second-order valence-corrected chi connectivity index (χ2v) is 5.98. The minimum atomic E-state index is 0.870. The number of aryl methyl sites for hydroxylation is 1. The lowest BCUT2D eigenvalue weighted by atomic mass is 10.1. The summed E-state index contributed by atoms with van der Waals surface area (Å²) in [5.41, 5.74) is 3.93.